The van der Waals surface area contributed by atoms with Crippen molar-refractivity contribution in [3.63, 3.8) is 0 Å². The Labute approximate surface area is 128 Å². The van der Waals surface area contributed by atoms with E-state index in [1.807, 2.05) is 0 Å². The van der Waals surface area contributed by atoms with E-state index in [2.05, 4.69) is 61.3 Å². The van der Waals surface area contributed by atoms with E-state index < -0.39 is 0 Å². The van der Waals surface area contributed by atoms with Gasteiger partial charge in [-0.3, -0.25) is 4.90 Å². The first-order valence-electron chi connectivity index (χ1n) is 8.23. The minimum absolute atomic E-state index is 0.176. The first-order valence-corrected chi connectivity index (χ1v) is 8.23. The third kappa shape index (κ3) is 3.01. The molecule has 0 aromatic heterocycles. The molecule has 116 valence electrons. The van der Waals surface area contributed by atoms with E-state index in [1.54, 1.807) is 0 Å². The van der Waals surface area contributed by atoms with Crippen molar-refractivity contribution in [2.45, 2.75) is 44.8 Å². The van der Waals surface area contributed by atoms with E-state index in [1.165, 1.54) is 5.56 Å². The zero-order valence-electron chi connectivity index (χ0n) is 13.5. The Kier molecular flexibility index (Phi) is 4.34. The van der Waals surface area contributed by atoms with Gasteiger partial charge in [0, 0.05) is 37.3 Å². The normalized spacial score (nSPS) is 34.5. The maximum atomic E-state index is 5.73. The fraction of sp³-hybridized carbons (Fsp3) is 0.667. The molecule has 2 heterocycles. The molecule has 1 aromatic rings. The van der Waals surface area contributed by atoms with Crippen LogP contribution in [0.25, 0.3) is 0 Å². The largest absolute Gasteiger partial charge is 0.379 e. The molecule has 0 saturated carbocycles. The van der Waals surface area contributed by atoms with Gasteiger partial charge in [-0.05, 0) is 24.8 Å². The predicted octanol–water partition coefficient (Wildman–Crippen LogP) is 2.84. The molecule has 0 radical (unpaired) electrons. The van der Waals surface area contributed by atoms with Crippen LogP contribution in [-0.4, -0.2) is 42.8 Å². The van der Waals surface area contributed by atoms with Gasteiger partial charge in [0.05, 0.1) is 6.61 Å². The first kappa shape index (κ1) is 15.0. The number of hydrogen-bond donors (Lipinski definition) is 1. The molecule has 0 spiro atoms. The lowest BCUT2D eigenvalue weighted by Crippen LogP contribution is -2.61. The zero-order chi connectivity index (χ0) is 14.9. The Morgan fingerprint density at radius 1 is 1.29 bits per heavy atom. The Morgan fingerprint density at radius 3 is 2.67 bits per heavy atom. The highest BCUT2D eigenvalue weighted by Crippen LogP contribution is 2.36. The van der Waals surface area contributed by atoms with Crippen molar-refractivity contribution < 1.29 is 4.74 Å². The van der Waals surface area contributed by atoms with Crippen LogP contribution in [0.3, 0.4) is 0 Å². The molecule has 1 N–H and O–H groups in total. The van der Waals surface area contributed by atoms with E-state index in [4.69, 9.17) is 4.74 Å². The molecular weight excluding hydrogens is 260 g/mol. The highest BCUT2D eigenvalue weighted by molar-refractivity contribution is 5.21. The average Bonchev–Trinajstić information content (AvgIpc) is 2.95. The molecule has 2 aliphatic rings. The molecule has 1 aromatic carbocycles. The second kappa shape index (κ2) is 6.07. The van der Waals surface area contributed by atoms with Crippen molar-refractivity contribution in [3.05, 3.63) is 35.9 Å². The van der Waals surface area contributed by atoms with Gasteiger partial charge >= 0.3 is 0 Å². The third-order valence-electron chi connectivity index (χ3n) is 5.22. The standard InChI is InChI=1S/C18H28N2O/c1-14(2)16-12-20(18(3)9-10-21-13-18)17(11-19-16)15-7-5-4-6-8-15/h4-8,14,16-17,19H,9-13H2,1-3H3. The molecule has 2 aliphatic heterocycles. The molecule has 0 bridgehead atoms. The summed E-state index contributed by atoms with van der Waals surface area (Å²) in [5, 5.41) is 3.76. The Morgan fingerprint density at radius 2 is 2.05 bits per heavy atom. The summed E-state index contributed by atoms with van der Waals surface area (Å²) in [5.41, 5.74) is 1.59. The maximum Gasteiger partial charge on any atom is 0.0648 e. The summed E-state index contributed by atoms with van der Waals surface area (Å²) in [6, 6.07) is 11.9. The summed E-state index contributed by atoms with van der Waals surface area (Å²) in [7, 11) is 0. The highest BCUT2D eigenvalue weighted by atomic mass is 16.5. The van der Waals surface area contributed by atoms with Crippen LogP contribution in [0.1, 0.15) is 38.8 Å². The van der Waals surface area contributed by atoms with Crippen LogP contribution in [0.15, 0.2) is 30.3 Å². The van der Waals surface area contributed by atoms with E-state index in [-0.39, 0.29) is 5.54 Å². The molecule has 2 fully saturated rings. The van der Waals surface area contributed by atoms with Gasteiger partial charge in [-0.25, -0.2) is 0 Å². The summed E-state index contributed by atoms with van der Waals surface area (Å²) < 4.78 is 5.73. The maximum absolute atomic E-state index is 5.73. The Hall–Kier alpha value is -0.900. The second-order valence-electron chi connectivity index (χ2n) is 7.14. The molecule has 21 heavy (non-hydrogen) atoms. The van der Waals surface area contributed by atoms with Crippen molar-refractivity contribution >= 4 is 0 Å². The smallest absolute Gasteiger partial charge is 0.0648 e. The fourth-order valence-corrected chi connectivity index (χ4v) is 3.68. The van der Waals surface area contributed by atoms with Crippen LogP contribution in [0.5, 0.6) is 0 Å². The van der Waals surface area contributed by atoms with Gasteiger partial charge < -0.3 is 10.1 Å². The summed E-state index contributed by atoms with van der Waals surface area (Å²) >= 11 is 0. The lowest BCUT2D eigenvalue weighted by Gasteiger charge is -2.49. The SMILES string of the molecule is CC(C)C1CN(C2(C)CCOC2)C(c2ccccc2)CN1. The van der Waals surface area contributed by atoms with Gasteiger partial charge in [0.2, 0.25) is 0 Å². The molecule has 0 aliphatic carbocycles. The summed E-state index contributed by atoms with van der Waals surface area (Å²) in [6.07, 6.45) is 1.14. The van der Waals surface area contributed by atoms with Gasteiger partial charge in [-0.1, -0.05) is 44.2 Å². The number of nitrogens with one attached hydrogen (secondary N) is 1. The van der Waals surface area contributed by atoms with Crippen molar-refractivity contribution in [2.24, 2.45) is 5.92 Å². The van der Waals surface area contributed by atoms with Crippen LogP contribution < -0.4 is 5.32 Å². The minimum Gasteiger partial charge on any atom is -0.379 e. The van der Waals surface area contributed by atoms with E-state index in [0.717, 1.165) is 32.7 Å². The topological polar surface area (TPSA) is 24.5 Å². The lowest BCUT2D eigenvalue weighted by molar-refractivity contribution is 0.00427. The fourth-order valence-electron chi connectivity index (χ4n) is 3.68. The van der Waals surface area contributed by atoms with Crippen LogP contribution >= 0.6 is 0 Å². The quantitative estimate of drug-likeness (QED) is 0.925. The van der Waals surface area contributed by atoms with Crippen molar-refractivity contribution in [2.75, 3.05) is 26.3 Å². The molecule has 0 amide bonds. The van der Waals surface area contributed by atoms with E-state index >= 15 is 0 Å². The van der Waals surface area contributed by atoms with Gasteiger partial charge in [-0.2, -0.15) is 0 Å². The van der Waals surface area contributed by atoms with Crippen molar-refractivity contribution in [1.29, 1.82) is 0 Å². The molecule has 3 atom stereocenters. The van der Waals surface area contributed by atoms with Gasteiger partial charge in [0.25, 0.3) is 0 Å². The number of hydrogen-bond acceptors (Lipinski definition) is 3. The van der Waals surface area contributed by atoms with Crippen molar-refractivity contribution in [1.82, 2.24) is 10.2 Å². The van der Waals surface area contributed by atoms with E-state index in [9.17, 15) is 0 Å². The molecular formula is C18H28N2O. The molecule has 3 heteroatoms. The second-order valence-corrected chi connectivity index (χ2v) is 7.14. The molecule has 3 nitrogen and oxygen atoms in total. The van der Waals surface area contributed by atoms with Gasteiger partial charge in [0.1, 0.15) is 0 Å². The Bertz CT molecular complexity index is 454. The average molecular weight is 288 g/mol. The molecule has 3 unspecified atom stereocenters. The lowest BCUT2D eigenvalue weighted by atomic mass is 9.88. The van der Waals surface area contributed by atoms with Crippen molar-refractivity contribution in [3.8, 4) is 0 Å². The number of rotatable bonds is 3. The van der Waals surface area contributed by atoms with Gasteiger partial charge in [0.15, 0.2) is 0 Å². The Balaban J connectivity index is 1.87. The summed E-state index contributed by atoms with van der Waals surface area (Å²) in [4.78, 5) is 2.70. The zero-order valence-corrected chi connectivity index (χ0v) is 13.5. The number of nitrogens with zero attached hydrogens (tertiary/aromatic N) is 1. The number of benzene rings is 1. The summed E-state index contributed by atoms with van der Waals surface area (Å²) in [5.74, 6) is 0.662. The van der Waals surface area contributed by atoms with Crippen LogP contribution in [0.2, 0.25) is 0 Å². The monoisotopic (exact) mass is 288 g/mol. The minimum atomic E-state index is 0.176. The molecule has 2 saturated heterocycles. The highest BCUT2D eigenvalue weighted by Gasteiger charge is 2.43. The number of ether oxygens (including phenoxy) is 1. The first-order chi connectivity index (χ1) is 10.1. The third-order valence-corrected chi connectivity index (χ3v) is 5.22. The number of piperazine rings is 1. The summed E-state index contributed by atoms with van der Waals surface area (Å²) in [6.45, 7) is 10.9. The van der Waals surface area contributed by atoms with Crippen LogP contribution in [0.4, 0.5) is 0 Å². The van der Waals surface area contributed by atoms with Crippen LogP contribution in [0, 0.1) is 5.92 Å². The van der Waals surface area contributed by atoms with Crippen LogP contribution in [-0.2, 0) is 4.74 Å². The predicted molar refractivity (Wildman–Crippen MR) is 86.4 cm³/mol. The molecule has 3 rings (SSSR count). The van der Waals surface area contributed by atoms with E-state index in [0.29, 0.717) is 18.0 Å². The van der Waals surface area contributed by atoms with Gasteiger partial charge in [-0.15, -0.1) is 0 Å².